The molecule has 0 aliphatic heterocycles. The van der Waals surface area contributed by atoms with Gasteiger partial charge in [0.1, 0.15) is 0 Å². The summed E-state index contributed by atoms with van der Waals surface area (Å²) in [7, 11) is -1.96. The molecule has 0 unspecified atom stereocenters. The van der Waals surface area contributed by atoms with Crippen molar-refractivity contribution in [3.05, 3.63) is 29.3 Å². The molecule has 1 saturated carbocycles. The predicted molar refractivity (Wildman–Crippen MR) is 78.1 cm³/mol. The second-order valence-corrected chi connectivity index (χ2v) is 7.65. The molecule has 1 aromatic carbocycles. The number of methoxy groups -OCH3 is 1. The van der Waals surface area contributed by atoms with E-state index in [0.717, 1.165) is 0 Å². The largest absolute Gasteiger partial charge is 0.393 e. The van der Waals surface area contributed by atoms with Crippen LogP contribution < -0.4 is 5.73 Å². The van der Waals surface area contributed by atoms with Crippen molar-refractivity contribution in [3.8, 4) is 0 Å². The Labute approximate surface area is 122 Å². The van der Waals surface area contributed by atoms with E-state index in [1.165, 1.54) is 19.2 Å². The quantitative estimate of drug-likeness (QED) is 0.838. The van der Waals surface area contributed by atoms with Gasteiger partial charge < -0.3 is 10.5 Å². The van der Waals surface area contributed by atoms with E-state index in [1.54, 1.807) is 12.1 Å². The first-order chi connectivity index (χ1) is 8.84. The molecule has 0 amide bonds. The van der Waals surface area contributed by atoms with Gasteiger partial charge in [-0.1, -0.05) is 23.8 Å². The molecule has 19 heavy (non-hydrogen) atoms. The highest BCUT2D eigenvalue weighted by molar-refractivity contribution is 7.92. The van der Waals surface area contributed by atoms with E-state index < -0.39 is 20.5 Å². The molecule has 0 aromatic heterocycles. The molecule has 0 heterocycles. The van der Waals surface area contributed by atoms with E-state index in [1.807, 2.05) is 0 Å². The Morgan fingerprint density at radius 3 is 2.58 bits per heavy atom. The first-order valence-corrected chi connectivity index (χ1v) is 7.96. The average Bonchev–Trinajstić information content (AvgIpc) is 3.07. The summed E-state index contributed by atoms with van der Waals surface area (Å²) in [4.78, 5) is 0.424. The lowest BCUT2D eigenvalue weighted by Crippen LogP contribution is -2.32. The number of nitrogens with two attached hydrogens (primary N) is 1. The van der Waals surface area contributed by atoms with Crippen LogP contribution in [0.3, 0.4) is 0 Å². The van der Waals surface area contributed by atoms with Gasteiger partial charge in [-0.2, -0.15) is 0 Å². The zero-order chi connectivity index (χ0) is 14.3. The second-order valence-electron chi connectivity index (χ2n) is 4.65. The van der Waals surface area contributed by atoms with Gasteiger partial charge in [0.25, 0.3) is 0 Å². The molecule has 1 aliphatic carbocycles. The van der Waals surface area contributed by atoms with Gasteiger partial charge in [-0.3, -0.25) is 0 Å². The molecule has 1 aromatic rings. The van der Waals surface area contributed by atoms with Crippen molar-refractivity contribution in [2.45, 2.75) is 16.6 Å². The lowest BCUT2D eigenvalue weighted by atomic mass is 10.1. The van der Waals surface area contributed by atoms with Crippen LogP contribution in [0.15, 0.2) is 29.2 Å². The highest BCUT2D eigenvalue weighted by atomic mass is 35.5. The minimum absolute atomic E-state index is 0.192. The Hall–Kier alpha value is -0.690. The summed E-state index contributed by atoms with van der Waals surface area (Å²) in [5.41, 5.74) is 4.94. The molecule has 0 bridgehead atoms. The van der Waals surface area contributed by atoms with Crippen LogP contribution in [-0.4, -0.2) is 32.4 Å². The van der Waals surface area contributed by atoms with Crippen LogP contribution >= 0.6 is 23.8 Å². The number of halogens is 1. The SMILES string of the molecule is COC[C@@]1(C(N)=S)C[C@@H]1S(=O)(=O)c1ccc(Cl)cc1. The second kappa shape index (κ2) is 5.01. The molecule has 2 N–H and O–H groups in total. The molecule has 0 saturated heterocycles. The van der Waals surface area contributed by atoms with Crippen molar-refractivity contribution in [2.75, 3.05) is 13.7 Å². The van der Waals surface area contributed by atoms with Crippen molar-refractivity contribution in [2.24, 2.45) is 11.1 Å². The monoisotopic (exact) mass is 319 g/mol. The first-order valence-electron chi connectivity index (χ1n) is 5.63. The summed E-state index contributed by atoms with van der Waals surface area (Å²) in [6, 6.07) is 6.09. The Morgan fingerprint density at radius 2 is 2.11 bits per heavy atom. The van der Waals surface area contributed by atoms with Crippen molar-refractivity contribution in [1.82, 2.24) is 0 Å². The highest BCUT2D eigenvalue weighted by Gasteiger charge is 2.63. The summed E-state index contributed by atoms with van der Waals surface area (Å²) in [5.74, 6) is 0. The molecule has 4 nitrogen and oxygen atoms in total. The zero-order valence-corrected chi connectivity index (χ0v) is 12.7. The number of benzene rings is 1. The smallest absolute Gasteiger partial charge is 0.182 e. The summed E-state index contributed by atoms with van der Waals surface area (Å²) >= 11 is 10.7. The minimum Gasteiger partial charge on any atom is -0.393 e. The Kier molecular flexibility index (Phi) is 3.88. The van der Waals surface area contributed by atoms with E-state index in [0.29, 0.717) is 11.4 Å². The van der Waals surface area contributed by atoms with Gasteiger partial charge in [-0.05, 0) is 30.7 Å². The number of hydrogen-bond donors (Lipinski definition) is 1. The van der Waals surface area contributed by atoms with E-state index in [-0.39, 0.29) is 16.5 Å². The van der Waals surface area contributed by atoms with Gasteiger partial charge in [0.05, 0.1) is 27.2 Å². The molecule has 7 heteroatoms. The molecule has 1 fully saturated rings. The molecule has 104 valence electrons. The number of ether oxygens (including phenoxy) is 1. The minimum atomic E-state index is -3.46. The van der Waals surface area contributed by atoms with Crippen molar-refractivity contribution < 1.29 is 13.2 Å². The molecular weight excluding hydrogens is 306 g/mol. The third-order valence-electron chi connectivity index (χ3n) is 3.42. The fraction of sp³-hybridized carbons (Fsp3) is 0.417. The van der Waals surface area contributed by atoms with Crippen molar-refractivity contribution >= 4 is 38.6 Å². The van der Waals surface area contributed by atoms with Crippen LogP contribution in [0.1, 0.15) is 6.42 Å². The lowest BCUT2D eigenvalue weighted by Gasteiger charge is -2.14. The maximum atomic E-state index is 12.5. The van der Waals surface area contributed by atoms with Crippen molar-refractivity contribution in [1.29, 1.82) is 0 Å². The summed E-state index contributed by atoms with van der Waals surface area (Å²) < 4.78 is 30.0. The summed E-state index contributed by atoms with van der Waals surface area (Å²) in [6.45, 7) is 0.222. The standard InChI is InChI=1S/C12H14ClNO3S2/c1-17-7-12(11(14)18)6-10(12)19(15,16)9-4-2-8(13)3-5-9/h2-5,10H,6-7H2,1H3,(H2,14,18)/t10-,12-/m0/s1. The van der Waals surface area contributed by atoms with E-state index in [9.17, 15) is 8.42 Å². The number of thiocarbonyl (C=S) groups is 1. The van der Waals surface area contributed by atoms with Gasteiger partial charge in [0.2, 0.25) is 0 Å². The van der Waals surface area contributed by atoms with Crippen LogP contribution in [-0.2, 0) is 14.6 Å². The fourth-order valence-corrected chi connectivity index (χ4v) is 4.84. The summed E-state index contributed by atoms with van der Waals surface area (Å²) in [5, 5.41) is -0.120. The molecular formula is C12H14ClNO3S2. The third kappa shape index (κ3) is 2.50. The molecule has 1 aliphatic rings. The molecule has 2 rings (SSSR count). The normalized spacial score (nSPS) is 26.1. The Bertz CT molecular complexity index is 600. The zero-order valence-electron chi connectivity index (χ0n) is 10.3. The number of hydrogen-bond acceptors (Lipinski definition) is 4. The van der Waals surface area contributed by atoms with Gasteiger partial charge in [-0.15, -0.1) is 0 Å². The van der Waals surface area contributed by atoms with Crippen LogP contribution in [0.25, 0.3) is 0 Å². The lowest BCUT2D eigenvalue weighted by molar-refractivity contribution is 0.169. The van der Waals surface area contributed by atoms with Crippen LogP contribution in [0.2, 0.25) is 5.02 Å². The van der Waals surface area contributed by atoms with Gasteiger partial charge >= 0.3 is 0 Å². The molecule has 0 radical (unpaired) electrons. The molecule has 2 atom stereocenters. The maximum Gasteiger partial charge on any atom is 0.182 e. The first kappa shape index (κ1) is 14.7. The third-order valence-corrected chi connectivity index (χ3v) is 6.37. The summed E-state index contributed by atoms with van der Waals surface area (Å²) in [6.07, 6.45) is 0.404. The van der Waals surface area contributed by atoms with Gasteiger partial charge in [0, 0.05) is 12.1 Å². The van der Waals surface area contributed by atoms with E-state index in [2.05, 4.69) is 0 Å². The van der Waals surface area contributed by atoms with Crippen LogP contribution in [0, 0.1) is 5.41 Å². The van der Waals surface area contributed by atoms with Crippen LogP contribution in [0.4, 0.5) is 0 Å². The average molecular weight is 320 g/mol. The maximum absolute atomic E-state index is 12.5. The topological polar surface area (TPSA) is 69.4 Å². The Balaban J connectivity index is 2.33. The van der Waals surface area contributed by atoms with E-state index >= 15 is 0 Å². The van der Waals surface area contributed by atoms with Gasteiger partial charge in [0.15, 0.2) is 9.84 Å². The predicted octanol–water partition coefficient (Wildman–Crippen LogP) is 1.80. The number of sulfone groups is 1. The van der Waals surface area contributed by atoms with Crippen molar-refractivity contribution in [3.63, 3.8) is 0 Å². The van der Waals surface area contributed by atoms with E-state index in [4.69, 9.17) is 34.3 Å². The number of rotatable bonds is 5. The van der Waals surface area contributed by atoms with Gasteiger partial charge in [-0.25, -0.2) is 8.42 Å². The highest BCUT2D eigenvalue weighted by Crippen LogP contribution is 2.53. The Morgan fingerprint density at radius 1 is 1.53 bits per heavy atom. The van der Waals surface area contributed by atoms with Crippen LogP contribution in [0.5, 0.6) is 0 Å². The molecule has 0 spiro atoms. The fourth-order valence-electron chi connectivity index (χ4n) is 2.21.